The molecule has 0 spiro atoms. The molecule has 0 unspecified atom stereocenters. The van der Waals surface area contributed by atoms with E-state index in [0.717, 1.165) is 0 Å². The monoisotopic (exact) mass is 166 g/mol. The molecule has 0 aliphatic rings. The summed E-state index contributed by atoms with van der Waals surface area (Å²) in [6, 6.07) is -0.541. The van der Waals surface area contributed by atoms with Crippen LogP contribution in [0.2, 0.25) is 0 Å². The highest BCUT2D eigenvalue weighted by atomic mass is 35.5. The molecule has 0 aromatic rings. The number of nitrogens with zero attached hydrogens (tertiary/aromatic N) is 1. The van der Waals surface area contributed by atoms with Crippen molar-refractivity contribution in [2.45, 2.75) is 0 Å². The van der Waals surface area contributed by atoms with Crippen LogP contribution in [0.3, 0.4) is 0 Å². The van der Waals surface area contributed by atoms with Gasteiger partial charge in [0, 0.05) is 12.4 Å². The number of nitrogens with one attached hydrogen (secondary N) is 3. The van der Waals surface area contributed by atoms with Crippen molar-refractivity contribution in [2.75, 3.05) is 12.4 Å². The fourth-order valence-corrected chi connectivity index (χ4v) is 0.373. The number of amides is 2. The van der Waals surface area contributed by atoms with Crippen LogP contribution in [0.1, 0.15) is 0 Å². The molecule has 0 atom stereocenters. The lowest BCUT2D eigenvalue weighted by Gasteiger charge is -2.01. The second-order valence-corrected chi connectivity index (χ2v) is 1.65. The van der Waals surface area contributed by atoms with Crippen molar-refractivity contribution in [2.24, 2.45) is 5.29 Å². The van der Waals surface area contributed by atoms with E-state index in [1.165, 1.54) is 0 Å². The summed E-state index contributed by atoms with van der Waals surface area (Å²) >= 11 is 5.23. The van der Waals surface area contributed by atoms with Gasteiger partial charge in [0.05, 0.1) is 5.29 Å². The van der Waals surface area contributed by atoms with Crippen LogP contribution < -0.4 is 16.3 Å². The molecule has 0 saturated carbocycles. The molecule has 3 N–H and O–H groups in total. The van der Waals surface area contributed by atoms with Crippen LogP contribution in [-0.2, 0) is 0 Å². The van der Waals surface area contributed by atoms with Crippen molar-refractivity contribution >= 4 is 17.6 Å². The number of rotatable bonds is 4. The highest BCUT2D eigenvalue weighted by Gasteiger charge is 1.94. The minimum atomic E-state index is -0.541. The molecular weight excluding hydrogens is 160 g/mol. The lowest BCUT2D eigenvalue weighted by atomic mass is 10.7. The van der Waals surface area contributed by atoms with Gasteiger partial charge in [-0.25, -0.2) is 10.2 Å². The number of nitroso groups, excluding NO2 is 1. The number of hydrogen-bond acceptors (Lipinski definition) is 3. The molecule has 0 aliphatic carbocycles. The lowest BCUT2D eigenvalue weighted by molar-refractivity contribution is 0.237. The van der Waals surface area contributed by atoms with Crippen LogP contribution in [0.4, 0.5) is 4.79 Å². The van der Waals surface area contributed by atoms with E-state index in [4.69, 9.17) is 11.6 Å². The van der Waals surface area contributed by atoms with Crippen molar-refractivity contribution < 1.29 is 4.79 Å². The van der Waals surface area contributed by atoms with Crippen LogP contribution in [0.5, 0.6) is 0 Å². The maximum absolute atomic E-state index is 10.4. The van der Waals surface area contributed by atoms with E-state index in [0.29, 0.717) is 12.4 Å². The van der Waals surface area contributed by atoms with Crippen LogP contribution in [0.15, 0.2) is 5.29 Å². The Bertz CT molecular complexity index is 119. The highest BCUT2D eigenvalue weighted by Crippen LogP contribution is 1.68. The molecule has 0 aromatic heterocycles. The number of alkyl halides is 1. The largest absolute Gasteiger partial charge is 0.335 e. The normalized spacial score (nSPS) is 8.10. The molecule has 0 aliphatic heterocycles. The van der Waals surface area contributed by atoms with Gasteiger partial charge in [-0.05, 0) is 0 Å². The number of urea groups is 1. The molecule has 58 valence electrons. The van der Waals surface area contributed by atoms with E-state index in [-0.39, 0.29) is 0 Å². The second-order valence-electron chi connectivity index (χ2n) is 1.27. The van der Waals surface area contributed by atoms with Crippen LogP contribution in [-0.4, -0.2) is 18.5 Å². The Balaban J connectivity index is 3.16. The zero-order valence-electron chi connectivity index (χ0n) is 5.06. The molecule has 10 heavy (non-hydrogen) atoms. The first-order chi connectivity index (χ1) is 4.81. The van der Waals surface area contributed by atoms with Crippen LogP contribution >= 0.6 is 11.6 Å². The van der Waals surface area contributed by atoms with Gasteiger partial charge in [0.25, 0.3) is 0 Å². The molecule has 0 saturated heterocycles. The molecule has 0 rings (SSSR count). The number of carbonyl (C=O) groups is 1. The van der Waals surface area contributed by atoms with Gasteiger partial charge < -0.3 is 5.32 Å². The molecule has 0 bridgehead atoms. The minimum absolute atomic E-state index is 0.321. The third-order valence-electron chi connectivity index (χ3n) is 0.595. The summed E-state index contributed by atoms with van der Waals surface area (Å²) in [5.74, 6) is 0.321. The van der Waals surface area contributed by atoms with Crippen molar-refractivity contribution in [3.8, 4) is 0 Å². The Morgan fingerprint density at radius 2 is 2.30 bits per heavy atom. The van der Waals surface area contributed by atoms with Crippen LogP contribution in [0.25, 0.3) is 0 Å². The summed E-state index contributed by atoms with van der Waals surface area (Å²) in [7, 11) is 0. The molecule has 0 aromatic carbocycles. The SMILES string of the molecule is O=NNNC(=O)NCCCl. The minimum Gasteiger partial charge on any atom is -0.335 e. The zero-order chi connectivity index (χ0) is 7.82. The third kappa shape index (κ3) is 5.10. The van der Waals surface area contributed by atoms with Crippen molar-refractivity contribution in [3.05, 3.63) is 4.91 Å². The van der Waals surface area contributed by atoms with E-state index in [2.05, 4.69) is 10.6 Å². The van der Waals surface area contributed by atoms with E-state index in [1.54, 1.807) is 5.53 Å². The van der Waals surface area contributed by atoms with Crippen molar-refractivity contribution in [3.63, 3.8) is 0 Å². The first-order valence-corrected chi connectivity index (χ1v) is 3.02. The fraction of sp³-hybridized carbons (Fsp3) is 0.667. The number of hydrogen-bond donors (Lipinski definition) is 3. The number of halogens is 1. The van der Waals surface area contributed by atoms with E-state index < -0.39 is 6.03 Å². The summed E-state index contributed by atoms with van der Waals surface area (Å²) in [4.78, 5) is 19.8. The van der Waals surface area contributed by atoms with E-state index >= 15 is 0 Å². The molecule has 2 amide bonds. The molecule has 7 heteroatoms. The summed E-state index contributed by atoms with van der Waals surface area (Å²) in [6.45, 7) is 0.341. The van der Waals surface area contributed by atoms with E-state index in [1.807, 2.05) is 5.43 Å². The Labute approximate surface area is 62.2 Å². The Kier molecular flexibility index (Phi) is 5.45. The molecule has 0 heterocycles. The van der Waals surface area contributed by atoms with Crippen molar-refractivity contribution in [1.82, 2.24) is 16.3 Å². The van der Waals surface area contributed by atoms with Crippen molar-refractivity contribution in [1.29, 1.82) is 0 Å². The summed E-state index contributed by atoms with van der Waals surface area (Å²) in [6.07, 6.45) is 0. The third-order valence-corrected chi connectivity index (χ3v) is 0.784. The van der Waals surface area contributed by atoms with E-state index in [9.17, 15) is 9.70 Å². The Morgan fingerprint density at radius 3 is 2.80 bits per heavy atom. The second kappa shape index (κ2) is 6.09. The summed E-state index contributed by atoms with van der Waals surface area (Å²) in [5.41, 5.74) is 3.65. The fourth-order valence-electron chi connectivity index (χ4n) is 0.279. The number of carbonyl (C=O) groups excluding carboxylic acids is 1. The zero-order valence-corrected chi connectivity index (χ0v) is 5.81. The highest BCUT2D eigenvalue weighted by molar-refractivity contribution is 6.18. The predicted molar refractivity (Wildman–Crippen MR) is 36.2 cm³/mol. The Hall–Kier alpha value is -1.04. The molecule has 0 radical (unpaired) electrons. The predicted octanol–water partition coefficient (Wildman–Crippen LogP) is -0.290. The van der Waals surface area contributed by atoms with Gasteiger partial charge in [-0.2, -0.15) is 5.53 Å². The van der Waals surface area contributed by atoms with Gasteiger partial charge in [-0.1, -0.05) is 0 Å². The first kappa shape index (κ1) is 8.96. The first-order valence-electron chi connectivity index (χ1n) is 2.48. The molecule has 0 fully saturated rings. The average Bonchev–Trinajstić information content (AvgIpc) is 1.97. The van der Waals surface area contributed by atoms with Gasteiger partial charge in [-0.15, -0.1) is 16.5 Å². The molecule has 6 nitrogen and oxygen atoms in total. The number of hydrazine groups is 1. The van der Waals surface area contributed by atoms with Gasteiger partial charge in [0.15, 0.2) is 0 Å². The smallest absolute Gasteiger partial charge is 0.334 e. The lowest BCUT2D eigenvalue weighted by Crippen LogP contribution is -2.42. The topological polar surface area (TPSA) is 82.6 Å². The summed E-state index contributed by atoms with van der Waals surface area (Å²) in [5, 5.41) is 4.50. The maximum Gasteiger partial charge on any atom is 0.334 e. The summed E-state index contributed by atoms with van der Waals surface area (Å²) < 4.78 is 0. The van der Waals surface area contributed by atoms with Gasteiger partial charge in [0.1, 0.15) is 0 Å². The van der Waals surface area contributed by atoms with Gasteiger partial charge in [-0.3, -0.25) is 0 Å². The quantitative estimate of drug-likeness (QED) is 0.305. The molecular formula is C3H7ClN4O2. The average molecular weight is 167 g/mol. The maximum atomic E-state index is 10.4. The van der Waals surface area contributed by atoms with Crippen LogP contribution in [0, 0.1) is 4.91 Å². The van der Waals surface area contributed by atoms with Gasteiger partial charge >= 0.3 is 6.03 Å². The van der Waals surface area contributed by atoms with Gasteiger partial charge in [0.2, 0.25) is 0 Å². The Morgan fingerprint density at radius 1 is 1.60 bits per heavy atom. The standard InChI is InChI=1S/C3H7ClN4O2/c4-1-2-5-3(9)6-7-8-10/h1-2H2,(H,7,10)(H2,5,6,8,9).